The van der Waals surface area contributed by atoms with Crippen LogP contribution in [0.25, 0.3) is 11.3 Å². The van der Waals surface area contributed by atoms with E-state index in [2.05, 4.69) is 9.97 Å². The van der Waals surface area contributed by atoms with E-state index in [4.69, 9.17) is 11.6 Å². The number of H-pyrrole nitrogens is 1. The zero-order chi connectivity index (χ0) is 14.0. The van der Waals surface area contributed by atoms with Gasteiger partial charge in [-0.15, -0.1) is 0 Å². The van der Waals surface area contributed by atoms with Crippen LogP contribution in [0.4, 0.5) is 4.39 Å². The highest BCUT2D eigenvalue weighted by Crippen LogP contribution is 2.28. The summed E-state index contributed by atoms with van der Waals surface area (Å²) < 4.78 is 13.3. The molecule has 5 heteroatoms. The molecule has 1 heterocycles. The maximum atomic E-state index is 13.3. The number of nitrogens with one attached hydrogen (secondary N) is 1. The number of aromatic amines is 1. The Balaban J connectivity index is 2.67. The van der Waals surface area contributed by atoms with Gasteiger partial charge in [-0.2, -0.15) is 0 Å². The molecule has 0 fully saturated rings. The first-order chi connectivity index (χ1) is 9.02. The van der Waals surface area contributed by atoms with Crippen molar-refractivity contribution in [2.75, 3.05) is 0 Å². The summed E-state index contributed by atoms with van der Waals surface area (Å²) in [6.07, 6.45) is 1.53. The number of hydrogen-bond donors (Lipinski definition) is 1. The van der Waals surface area contributed by atoms with Crippen LogP contribution in [0, 0.1) is 12.7 Å². The van der Waals surface area contributed by atoms with Crippen molar-refractivity contribution in [3.8, 4) is 11.3 Å². The monoisotopic (exact) mass is 280 g/mol. The van der Waals surface area contributed by atoms with Crippen molar-refractivity contribution in [3.63, 3.8) is 0 Å². The van der Waals surface area contributed by atoms with Crippen molar-refractivity contribution in [3.05, 3.63) is 50.8 Å². The summed E-state index contributed by atoms with van der Waals surface area (Å²) in [6, 6.07) is 4.04. The molecule has 0 atom stereocenters. The SMILES string of the molecule is CCCc1nc(-c2cc(F)ccc2Cl)c(C)c(=O)[nH]1. The molecule has 0 aliphatic carbocycles. The Hall–Kier alpha value is -1.68. The van der Waals surface area contributed by atoms with Crippen molar-refractivity contribution >= 4 is 11.6 Å². The third-order valence-corrected chi connectivity index (χ3v) is 3.20. The highest BCUT2D eigenvalue weighted by atomic mass is 35.5. The van der Waals surface area contributed by atoms with Gasteiger partial charge in [-0.1, -0.05) is 18.5 Å². The van der Waals surface area contributed by atoms with Crippen molar-refractivity contribution in [1.29, 1.82) is 0 Å². The van der Waals surface area contributed by atoms with E-state index in [1.54, 1.807) is 6.92 Å². The number of rotatable bonds is 3. The summed E-state index contributed by atoms with van der Waals surface area (Å²) in [4.78, 5) is 19.0. The lowest BCUT2D eigenvalue weighted by Crippen LogP contribution is -2.16. The Bertz CT molecular complexity index is 667. The molecule has 0 aliphatic heterocycles. The molecule has 1 aromatic heterocycles. The molecule has 0 saturated heterocycles. The molecule has 0 spiro atoms. The van der Waals surface area contributed by atoms with Gasteiger partial charge in [-0.25, -0.2) is 9.37 Å². The van der Waals surface area contributed by atoms with Crippen molar-refractivity contribution in [2.24, 2.45) is 0 Å². The predicted octanol–water partition coefficient (Wildman–Crippen LogP) is 3.49. The van der Waals surface area contributed by atoms with Crippen molar-refractivity contribution in [1.82, 2.24) is 9.97 Å². The summed E-state index contributed by atoms with van der Waals surface area (Å²) in [7, 11) is 0. The zero-order valence-corrected chi connectivity index (χ0v) is 11.5. The van der Waals surface area contributed by atoms with Crippen LogP contribution in [0.5, 0.6) is 0 Å². The van der Waals surface area contributed by atoms with E-state index >= 15 is 0 Å². The number of aromatic nitrogens is 2. The largest absolute Gasteiger partial charge is 0.310 e. The number of hydrogen-bond acceptors (Lipinski definition) is 2. The molecule has 0 bridgehead atoms. The molecule has 0 radical (unpaired) electrons. The number of nitrogens with zero attached hydrogens (tertiary/aromatic N) is 1. The van der Waals surface area contributed by atoms with Crippen LogP contribution in [0.2, 0.25) is 5.02 Å². The van der Waals surface area contributed by atoms with E-state index in [0.717, 1.165) is 6.42 Å². The van der Waals surface area contributed by atoms with Crippen molar-refractivity contribution < 1.29 is 4.39 Å². The van der Waals surface area contributed by atoms with Gasteiger partial charge in [0.1, 0.15) is 11.6 Å². The van der Waals surface area contributed by atoms with Crippen LogP contribution >= 0.6 is 11.6 Å². The Kier molecular flexibility index (Phi) is 4.00. The van der Waals surface area contributed by atoms with Gasteiger partial charge in [-0.05, 0) is 31.5 Å². The summed E-state index contributed by atoms with van der Waals surface area (Å²) >= 11 is 6.07. The van der Waals surface area contributed by atoms with Gasteiger partial charge in [0.25, 0.3) is 5.56 Å². The van der Waals surface area contributed by atoms with Crippen molar-refractivity contribution in [2.45, 2.75) is 26.7 Å². The quantitative estimate of drug-likeness (QED) is 0.935. The molecule has 19 heavy (non-hydrogen) atoms. The molecule has 0 amide bonds. The fourth-order valence-corrected chi connectivity index (χ4v) is 2.08. The normalized spacial score (nSPS) is 10.7. The van der Waals surface area contributed by atoms with E-state index in [9.17, 15) is 9.18 Å². The first-order valence-corrected chi connectivity index (χ1v) is 6.46. The lowest BCUT2D eigenvalue weighted by atomic mass is 10.1. The summed E-state index contributed by atoms with van der Waals surface area (Å²) in [5.74, 6) is 0.186. The number of aryl methyl sites for hydroxylation is 1. The van der Waals surface area contributed by atoms with E-state index in [1.165, 1.54) is 18.2 Å². The highest BCUT2D eigenvalue weighted by Gasteiger charge is 2.13. The molecule has 0 unspecified atom stereocenters. The van der Waals surface area contributed by atoms with Gasteiger partial charge in [0.05, 0.1) is 10.7 Å². The molecule has 1 aromatic carbocycles. The highest BCUT2D eigenvalue weighted by molar-refractivity contribution is 6.33. The lowest BCUT2D eigenvalue weighted by molar-refractivity contribution is 0.628. The molecule has 100 valence electrons. The maximum Gasteiger partial charge on any atom is 0.254 e. The van der Waals surface area contributed by atoms with Crippen LogP contribution < -0.4 is 5.56 Å². The Morgan fingerprint density at radius 3 is 2.84 bits per heavy atom. The molecule has 3 nitrogen and oxygen atoms in total. The number of benzene rings is 1. The molecule has 2 rings (SSSR count). The first-order valence-electron chi connectivity index (χ1n) is 6.08. The van der Waals surface area contributed by atoms with E-state index in [1.807, 2.05) is 6.92 Å². The molecular weight excluding hydrogens is 267 g/mol. The standard InChI is InChI=1S/C14H14ClFN2O/c1-3-4-12-17-13(8(2)14(19)18-12)10-7-9(16)5-6-11(10)15/h5-7H,3-4H2,1-2H3,(H,17,18,19). The average Bonchev–Trinajstić information content (AvgIpc) is 2.37. The topological polar surface area (TPSA) is 45.8 Å². The van der Waals surface area contributed by atoms with Gasteiger partial charge in [0.2, 0.25) is 0 Å². The van der Waals surface area contributed by atoms with Gasteiger partial charge in [0, 0.05) is 17.5 Å². The minimum absolute atomic E-state index is 0.214. The fourth-order valence-electron chi connectivity index (χ4n) is 1.88. The zero-order valence-electron chi connectivity index (χ0n) is 10.8. The predicted molar refractivity (Wildman–Crippen MR) is 74.0 cm³/mol. The van der Waals surface area contributed by atoms with Gasteiger partial charge >= 0.3 is 0 Å². The number of halogens is 2. The maximum absolute atomic E-state index is 13.3. The average molecular weight is 281 g/mol. The first kappa shape index (κ1) is 13.7. The summed E-state index contributed by atoms with van der Waals surface area (Å²) in [5.41, 5.74) is 1.11. The van der Waals surface area contributed by atoms with E-state index < -0.39 is 5.82 Å². The van der Waals surface area contributed by atoms with Crippen LogP contribution in [-0.4, -0.2) is 9.97 Å². The van der Waals surface area contributed by atoms with Gasteiger partial charge in [0.15, 0.2) is 0 Å². The second-order valence-corrected chi connectivity index (χ2v) is 4.77. The van der Waals surface area contributed by atoms with Crippen LogP contribution in [-0.2, 0) is 6.42 Å². The molecule has 0 saturated carbocycles. The Morgan fingerprint density at radius 2 is 2.16 bits per heavy atom. The van der Waals surface area contributed by atoms with Gasteiger partial charge < -0.3 is 4.98 Å². The molecule has 0 aliphatic rings. The molecular formula is C14H14ClFN2O. The fraction of sp³-hybridized carbons (Fsp3) is 0.286. The molecule has 1 N–H and O–H groups in total. The Morgan fingerprint density at radius 1 is 1.42 bits per heavy atom. The van der Waals surface area contributed by atoms with E-state index in [-0.39, 0.29) is 5.56 Å². The molecule has 2 aromatic rings. The minimum atomic E-state index is -0.405. The lowest BCUT2D eigenvalue weighted by Gasteiger charge is -2.09. The van der Waals surface area contributed by atoms with Gasteiger partial charge in [-0.3, -0.25) is 4.79 Å². The smallest absolute Gasteiger partial charge is 0.254 e. The third kappa shape index (κ3) is 2.84. The third-order valence-electron chi connectivity index (χ3n) is 2.87. The summed E-state index contributed by atoms with van der Waals surface area (Å²) in [6.45, 7) is 3.65. The van der Waals surface area contributed by atoms with Crippen LogP contribution in [0.3, 0.4) is 0 Å². The second-order valence-electron chi connectivity index (χ2n) is 4.36. The second kappa shape index (κ2) is 5.53. The van der Waals surface area contributed by atoms with E-state index in [0.29, 0.717) is 34.1 Å². The Labute approximate surface area is 115 Å². The van der Waals surface area contributed by atoms with Crippen LogP contribution in [0.1, 0.15) is 24.7 Å². The minimum Gasteiger partial charge on any atom is -0.310 e. The summed E-state index contributed by atoms with van der Waals surface area (Å²) in [5, 5.41) is 0.380. The van der Waals surface area contributed by atoms with Crippen LogP contribution in [0.15, 0.2) is 23.0 Å².